The Labute approximate surface area is 204 Å². The molecular formula is C24H23F3N4O5. The van der Waals surface area contributed by atoms with E-state index in [2.05, 4.69) is 20.6 Å². The lowest BCUT2D eigenvalue weighted by Crippen LogP contribution is -2.59. The lowest BCUT2D eigenvalue weighted by atomic mass is 9.97. The summed E-state index contributed by atoms with van der Waals surface area (Å²) in [5, 5.41) is 5.48. The van der Waals surface area contributed by atoms with Gasteiger partial charge in [0.1, 0.15) is 28.4 Å². The van der Waals surface area contributed by atoms with Crippen LogP contribution < -0.4 is 20.1 Å². The van der Waals surface area contributed by atoms with Crippen LogP contribution >= 0.6 is 0 Å². The smallest absolute Gasteiger partial charge is 0.420 e. The molecule has 12 heteroatoms. The second-order valence-corrected chi connectivity index (χ2v) is 8.07. The Kier molecular flexibility index (Phi) is 7.15. The van der Waals surface area contributed by atoms with Gasteiger partial charge in [-0.05, 0) is 35.9 Å². The molecule has 2 amide bonds. The maximum atomic E-state index is 13.4. The van der Waals surface area contributed by atoms with Gasteiger partial charge in [-0.3, -0.25) is 9.59 Å². The summed E-state index contributed by atoms with van der Waals surface area (Å²) in [5.41, 5.74) is -1.53. The molecule has 0 radical (unpaired) electrons. The fraction of sp³-hybridized carbons (Fsp3) is 0.292. The normalized spacial score (nSPS) is 17.4. The van der Waals surface area contributed by atoms with Crippen molar-refractivity contribution in [1.29, 1.82) is 0 Å². The molecule has 9 nitrogen and oxygen atoms in total. The van der Waals surface area contributed by atoms with Crippen LogP contribution in [0.25, 0.3) is 0 Å². The summed E-state index contributed by atoms with van der Waals surface area (Å²) in [6, 6.07) is 9.67. The first kappa shape index (κ1) is 25.0. The molecule has 0 aliphatic carbocycles. The Morgan fingerprint density at radius 2 is 1.92 bits per heavy atom. The number of hydrogen-bond donors (Lipinski definition) is 3. The third-order valence-corrected chi connectivity index (χ3v) is 5.62. The van der Waals surface area contributed by atoms with Crippen molar-refractivity contribution in [3.8, 4) is 17.2 Å². The van der Waals surface area contributed by atoms with Crippen molar-refractivity contribution in [2.75, 3.05) is 20.3 Å². The van der Waals surface area contributed by atoms with Crippen LogP contribution in [0.5, 0.6) is 17.2 Å². The molecule has 4 rings (SSSR count). The Balaban J connectivity index is 1.40. The van der Waals surface area contributed by atoms with E-state index in [0.29, 0.717) is 18.6 Å². The first-order valence-electron chi connectivity index (χ1n) is 10.9. The van der Waals surface area contributed by atoms with E-state index in [1.807, 2.05) is 0 Å². The summed E-state index contributed by atoms with van der Waals surface area (Å²) < 4.78 is 55.9. The van der Waals surface area contributed by atoms with Crippen LogP contribution in [-0.2, 0) is 22.3 Å². The zero-order valence-corrected chi connectivity index (χ0v) is 19.1. The van der Waals surface area contributed by atoms with Gasteiger partial charge in [0.05, 0.1) is 13.7 Å². The lowest BCUT2D eigenvalue weighted by molar-refractivity contribution is -0.138. The highest BCUT2D eigenvalue weighted by atomic mass is 19.4. The molecule has 3 N–H and O–H groups in total. The first-order valence-corrected chi connectivity index (χ1v) is 10.9. The quantitative estimate of drug-likeness (QED) is 0.433. The zero-order valence-electron chi connectivity index (χ0n) is 19.1. The molecule has 36 heavy (non-hydrogen) atoms. The Bertz CT molecular complexity index is 1210. The molecule has 1 unspecified atom stereocenters. The fourth-order valence-corrected chi connectivity index (χ4v) is 3.67. The van der Waals surface area contributed by atoms with Crippen molar-refractivity contribution >= 4 is 11.8 Å². The van der Waals surface area contributed by atoms with Gasteiger partial charge < -0.3 is 29.8 Å². The number of ether oxygens (including phenoxy) is 3. The number of H-pyrrole nitrogens is 1. The molecule has 1 aromatic heterocycles. The van der Waals surface area contributed by atoms with Crippen LogP contribution in [0.4, 0.5) is 13.2 Å². The van der Waals surface area contributed by atoms with Crippen LogP contribution in [0, 0.1) is 0 Å². The number of carbonyl (C=O) groups excluding carboxylic acids is 2. The summed E-state index contributed by atoms with van der Waals surface area (Å²) in [6.07, 6.45) is -1.40. The highest BCUT2D eigenvalue weighted by Crippen LogP contribution is 2.40. The van der Waals surface area contributed by atoms with E-state index in [9.17, 15) is 22.8 Å². The number of nitrogens with one attached hydrogen (secondary N) is 3. The first-order chi connectivity index (χ1) is 17.2. The number of methoxy groups -OCH3 is 1. The third kappa shape index (κ3) is 5.60. The minimum absolute atomic E-state index is 0.0153. The topological polar surface area (TPSA) is 115 Å². The molecule has 3 aromatic rings. The molecule has 1 aliphatic rings. The van der Waals surface area contributed by atoms with Crippen molar-refractivity contribution in [1.82, 2.24) is 20.6 Å². The van der Waals surface area contributed by atoms with Crippen molar-refractivity contribution in [3.63, 3.8) is 0 Å². The SMILES string of the molecule is COc1ccc(Oc2ccc(CNC(=O)C3(NC(=O)c4ncc[nH]4)CCOC3)cc2)c(C(F)(F)F)c1. The average Bonchev–Trinajstić information content (AvgIpc) is 3.56. The number of imidazole rings is 1. The summed E-state index contributed by atoms with van der Waals surface area (Å²) in [6.45, 7) is 0.443. The maximum Gasteiger partial charge on any atom is 0.420 e. The molecular weight excluding hydrogens is 481 g/mol. The highest BCUT2D eigenvalue weighted by molar-refractivity contribution is 5.97. The third-order valence-electron chi connectivity index (χ3n) is 5.62. The number of aromatic nitrogens is 2. The Morgan fingerprint density at radius 3 is 2.53 bits per heavy atom. The van der Waals surface area contributed by atoms with Crippen molar-refractivity contribution in [3.05, 3.63) is 71.8 Å². The van der Waals surface area contributed by atoms with Crippen molar-refractivity contribution in [2.45, 2.75) is 24.7 Å². The van der Waals surface area contributed by atoms with Crippen molar-refractivity contribution < 1.29 is 37.0 Å². The average molecular weight is 504 g/mol. The van der Waals surface area contributed by atoms with Gasteiger partial charge >= 0.3 is 6.18 Å². The van der Waals surface area contributed by atoms with Crippen LogP contribution in [0.15, 0.2) is 54.9 Å². The molecule has 0 saturated carbocycles. The van der Waals surface area contributed by atoms with Gasteiger partial charge in [0, 0.05) is 32.0 Å². The van der Waals surface area contributed by atoms with E-state index in [-0.39, 0.29) is 36.2 Å². The van der Waals surface area contributed by atoms with Gasteiger partial charge in [-0.25, -0.2) is 4.98 Å². The minimum atomic E-state index is -4.62. The number of carbonyl (C=O) groups is 2. The van der Waals surface area contributed by atoms with Crippen LogP contribution in [0.1, 0.15) is 28.2 Å². The van der Waals surface area contributed by atoms with E-state index in [0.717, 1.165) is 6.07 Å². The van der Waals surface area contributed by atoms with Crippen LogP contribution in [0.3, 0.4) is 0 Å². The maximum absolute atomic E-state index is 13.4. The number of nitrogens with zero attached hydrogens (tertiary/aromatic N) is 1. The number of aromatic amines is 1. The molecule has 0 spiro atoms. The largest absolute Gasteiger partial charge is 0.497 e. The lowest BCUT2D eigenvalue weighted by Gasteiger charge is -2.27. The number of amides is 2. The van der Waals surface area contributed by atoms with E-state index in [1.54, 1.807) is 12.1 Å². The van der Waals surface area contributed by atoms with Gasteiger partial charge in [-0.1, -0.05) is 12.1 Å². The standard InChI is InChI=1S/C24H23F3N4O5/c1-34-17-6-7-19(18(12-17)24(25,26)27)36-16-4-2-15(3-5-16)13-30-22(33)23(8-11-35-14-23)31-21(32)20-28-9-10-29-20/h2-7,9-10,12H,8,11,13-14H2,1H3,(H,28,29)(H,30,33)(H,31,32). The molecule has 190 valence electrons. The van der Waals surface area contributed by atoms with Gasteiger partial charge in [-0.2, -0.15) is 13.2 Å². The fourth-order valence-electron chi connectivity index (χ4n) is 3.67. The van der Waals surface area contributed by atoms with E-state index < -0.39 is 29.1 Å². The van der Waals surface area contributed by atoms with Crippen molar-refractivity contribution in [2.24, 2.45) is 0 Å². The zero-order chi connectivity index (χ0) is 25.8. The van der Waals surface area contributed by atoms with Gasteiger partial charge in [0.2, 0.25) is 5.91 Å². The Hall–Kier alpha value is -4.06. The molecule has 1 aliphatic heterocycles. The van der Waals surface area contributed by atoms with Crippen LogP contribution in [-0.4, -0.2) is 47.6 Å². The monoisotopic (exact) mass is 504 g/mol. The summed E-state index contributed by atoms with van der Waals surface area (Å²) >= 11 is 0. The number of rotatable bonds is 8. The van der Waals surface area contributed by atoms with Gasteiger partial charge in [-0.15, -0.1) is 0 Å². The molecule has 1 saturated heterocycles. The van der Waals surface area contributed by atoms with E-state index >= 15 is 0 Å². The molecule has 2 aromatic carbocycles. The van der Waals surface area contributed by atoms with E-state index in [4.69, 9.17) is 14.2 Å². The van der Waals surface area contributed by atoms with E-state index in [1.165, 1.54) is 43.8 Å². The number of benzene rings is 2. The predicted molar refractivity (Wildman–Crippen MR) is 121 cm³/mol. The molecule has 2 heterocycles. The minimum Gasteiger partial charge on any atom is -0.497 e. The molecule has 1 atom stereocenters. The Morgan fingerprint density at radius 1 is 1.17 bits per heavy atom. The molecule has 1 fully saturated rings. The summed E-state index contributed by atoms with van der Waals surface area (Å²) in [4.78, 5) is 32.0. The predicted octanol–water partition coefficient (Wildman–Crippen LogP) is 3.43. The van der Waals surface area contributed by atoms with Crippen LogP contribution in [0.2, 0.25) is 0 Å². The van der Waals surface area contributed by atoms with Gasteiger partial charge in [0.15, 0.2) is 5.82 Å². The summed E-state index contributed by atoms with van der Waals surface area (Å²) in [5.74, 6) is -0.985. The molecule has 0 bridgehead atoms. The number of hydrogen-bond acceptors (Lipinski definition) is 6. The number of alkyl halides is 3. The van der Waals surface area contributed by atoms with Gasteiger partial charge in [0.25, 0.3) is 5.91 Å². The number of halogens is 3. The second-order valence-electron chi connectivity index (χ2n) is 8.07. The highest BCUT2D eigenvalue weighted by Gasteiger charge is 2.44. The summed E-state index contributed by atoms with van der Waals surface area (Å²) in [7, 11) is 1.28. The second kappa shape index (κ2) is 10.3.